The number of amides is 1. The molecule has 4 heteroatoms. The van der Waals surface area contributed by atoms with Crippen LogP contribution in [-0.2, 0) is 19.3 Å². The number of rotatable bonds is 5. The lowest BCUT2D eigenvalue weighted by Gasteiger charge is -2.06. The van der Waals surface area contributed by atoms with E-state index in [0.29, 0.717) is 6.54 Å². The first-order valence-electron chi connectivity index (χ1n) is 8.05. The number of aromatic nitrogens is 1. The van der Waals surface area contributed by atoms with Crippen molar-refractivity contribution in [2.24, 2.45) is 0 Å². The lowest BCUT2D eigenvalue weighted by molar-refractivity contribution is 0.0953. The summed E-state index contributed by atoms with van der Waals surface area (Å²) in [6.45, 7) is 2.71. The van der Waals surface area contributed by atoms with Gasteiger partial charge in [0.1, 0.15) is 0 Å². The van der Waals surface area contributed by atoms with Gasteiger partial charge in [-0.25, -0.2) is 4.98 Å². The maximum Gasteiger partial charge on any atom is 0.251 e. The van der Waals surface area contributed by atoms with Gasteiger partial charge in [-0.2, -0.15) is 0 Å². The standard InChI is InChI=1S/C18H22N2OS/c1-13-6-4-7-14(12-13)18(21)19-11-5-10-17-20-15-8-2-3-9-16(15)22-17/h4,6-7,12H,2-3,5,8-11H2,1H3,(H,19,21). The number of nitrogens with zero attached hydrogens (tertiary/aromatic N) is 1. The van der Waals surface area contributed by atoms with Gasteiger partial charge < -0.3 is 5.32 Å². The third-order valence-corrected chi connectivity index (χ3v) is 5.24. The summed E-state index contributed by atoms with van der Waals surface area (Å²) in [5.74, 6) is 0.0159. The Kier molecular flexibility index (Phi) is 4.88. The van der Waals surface area contributed by atoms with Crippen LogP contribution in [0.3, 0.4) is 0 Å². The van der Waals surface area contributed by atoms with Gasteiger partial charge in [-0.3, -0.25) is 4.79 Å². The van der Waals surface area contributed by atoms with Crippen LogP contribution in [0.4, 0.5) is 0 Å². The highest BCUT2D eigenvalue weighted by atomic mass is 32.1. The first-order chi connectivity index (χ1) is 10.7. The average molecular weight is 314 g/mol. The van der Waals surface area contributed by atoms with Crippen LogP contribution in [0.2, 0.25) is 0 Å². The minimum absolute atomic E-state index is 0.0159. The van der Waals surface area contributed by atoms with Crippen LogP contribution in [0.1, 0.15) is 50.8 Å². The Bertz CT molecular complexity index is 639. The number of benzene rings is 1. The van der Waals surface area contributed by atoms with Crippen molar-refractivity contribution in [1.29, 1.82) is 0 Å². The molecule has 0 atom stereocenters. The molecule has 22 heavy (non-hydrogen) atoms. The van der Waals surface area contributed by atoms with Crippen molar-refractivity contribution < 1.29 is 4.79 Å². The molecule has 1 aliphatic carbocycles. The maximum atomic E-state index is 12.0. The highest BCUT2D eigenvalue weighted by Gasteiger charge is 2.14. The number of carbonyl (C=O) groups is 1. The number of hydrogen-bond acceptors (Lipinski definition) is 3. The molecule has 0 saturated carbocycles. The van der Waals surface area contributed by atoms with Gasteiger partial charge >= 0.3 is 0 Å². The fourth-order valence-corrected chi connectivity index (χ4v) is 4.04. The lowest BCUT2D eigenvalue weighted by Crippen LogP contribution is -2.24. The van der Waals surface area contributed by atoms with E-state index in [1.807, 2.05) is 42.5 Å². The Morgan fingerprint density at radius 1 is 1.32 bits per heavy atom. The first kappa shape index (κ1) is 15.2. The first-order valence-corrected chi connectivity index (χ1v) is 8.86. The summed E-state index contributed by atoms with van der Waals surface area (Å²) in [7, 11) is 0. The molecule has 0 aliphatic heterocycles. The van der Waals surface area contributed by atoms with Crippen molar-refractivity contribution in [3.8, 4) is 0 Å². The van der Waals surface area contributed by atoms with E-state index in [2.05, 4.69) is 5.32 Å². The van der Waals surface area contributed by atoms with E-state index in [1.165, 1.54) is 34.8 Å². The number of thiazole rings is 1. The Balaban J connectivity index is 1.45. The minimum atomic E-state index is 0.0159. The van der Waals surface area contributed by atoms with E-state index in [-0.39, 0.29) is 5.91 Å². The Hall–Kier alpha value is -1.68. The SMILES string of the molecule is Cc1cccc(C(=O)NCCCc2nc3c(s2)CCCC3)c1. The summed E-state index contributed by atoms with van der Waals surface area (Å²) >= 11 is 1.87. The number of carbonyl (C=O) groups excluding carboxylic acids is 1. The van der Waals surface area contributed by atoms with E-state index in [4.69, 9.17) is 4.98 Å². The molecule has 3 rings (SSSR count). The van der Waals surface area contributed by atoms with Crippen molar-refractivity contribution in [3.63, 3.8) is 0 Å². The molecule has 0 bridgehead atoms. The van der Waals surface area contributed by atoms with Gasteiger partial charge in [-0.1, -0.05) is 17.7 Å². The van der Waals surface area contributed by atoms with Gasteiger partial charge in [-0.05, 0) is 51.2 Å². The Morgan fingerprint density at radius 2 is 2.18 bits per heavy atom. The number of nitrogens with one attached hydrogen (secondary N) is 1. The van der Waals surface area contributed by atoms with E-state index >= 15 is 0 Å². The molecule has 0 unspecified atom stereocenters. The molecule has 3 nitrogen and oxygen atoms in total. The van der Waals surface area contributed by atoms with Crippen LogP contribution in [0.15, 0.2) is 24.3 Å². The molecule has 1 aliphatic rings. The zero-order valence-electron chi connectivity index (χ0n) is 13.0. The van der Waals surface area contributed by atoms with Crippen LogP contribution in [-0.4, -0.2) is 17.4 Å². The highest BCUT2D eigenvalue weighted by molar-refractivity contribution is 7.11. The van der Waals surface area contributed by atoms with Gasteiger partial charge in [0.05, 0.1) is 10.7 Å². The Morgan fingerprint density at radius 3 is 3.00 bits per heavy atom. The number of fused-ring (bicyclic) bond motifs is 1. The summed E-state index contributed by atoms with van der Waals surface area (Å²) in [5.41, 5.74) is 3.18. The molecule has 0 fully saturated rings. The predicted molar refractivity (Wildman–Crippen MR) is 90.6 cm³/mol. The second kappa shape index (κ2) is 7.05. The topological polar surface area (TPSA) is 42.0 Å². The molecule has 1 aromatic heterocycles. The number of aryl methyl sites for hydroxylation is 4. The predicted octanol–water partition coefficient (Wildman–Crippen LogP) is 3.69. The molecule has 0 saturated heterocycles. The van der Waals surface area contributed by atoms with E-state index < -0.39 is 0 Å². The van der Waals surface area contributed by atoms with Crippen molar-refractivity contribution in [2.45, 2.75) is 45.4 Å². The van der Waals surface area contributed by atoms with Crippen molar-refractivity contribution in [1.82, 2.24) is 10.3 Å². The van der Waals surface area contributed by atoms with Crippen LogP contribution in [0.25, 0.3) is 0 Å². The molecule has 0 radical (unpaired) electrons. The Labute approximate surface area is 135 Å². The summed E-state index contributed by atoms with van der Waals surface area (Å²) < 4.78 is 0. The molecule has 1 heterocycles. The smallest absolute Gasteiger partial charge is 0.251 e. The van der Waals surface area contributed by atoms with Crippen molar-refractivity contribution in [2.75, 3.05) is 6.54 Å². The molecule has 1 amide bonds. The van der Waals surface area contributed by atoms with Crippen LogP contribution < -0.4 is 5.32 Å². The lowest BCUT2D eigenvalue weighted by atomic mass is 10.0. The molecule has 1 aromatic carbocycles. The molecular formula is C18H22N2OS. The number of hydrogen-bond donors (Lipinski definition) is 1. The van der Waals surface area contributed by atoms with Crippen molar-refractivity contribution >= 4 is 17.2 Å². The monoisotopic (exact) mass is 314 g/mol. The molecule has 1 N–H and O–H groups in total. The summed E-state index contributed by atoms with van der Waals surface area (Å²) in [6, 6.07) is 7.70. The molecule has 2 aromatic rings. The fraction of sp³-hybridized carbons (Fsp3) is 0.444. The van der Waals surface area contributed by atoms with Crippen LogP contribution in [0, 0.1) is 6.92 Å². The van der Waals surface area contributed by atoms with Gasteiger partial charge in [0.25, 0.3) is 5.91 Å². The third-order valence-electron chi connectivity index (χ3n) is 4.02. The van der Waals surface area contributed by atoms with Crippen LogP contribution in [0.5, 0.6) is 0 Å². The van der Waals surface area contributed by atoms with Crippen molar-refractivity contribution in [3.05, 3.63) is 51.0 Å². The zero-order chi connectivity index (χ0) is 15.4. The maximum absolute atomic E-state index is 12.0. The van der Waals surface area contributed by atoms with E-state index in [9.17, 15) is 4.79 Å². The van der Waals surface area contributed by atoms with E-state index in [0.717, 1.165) is 30.4 Å². The van der Waals surface area contributed by atoms with Crippen LogP contribution >= 0.6 is 11.3 Å². The van der Waals surface area contributed by atoms with Gasteiger partial charge in [0.2, 0.25) is 0 Å². The largest absolute Gasteiger partial charge is 0.352 e. The highest BCUT2D eigenvalue weighted by Crippen LogP contribution is 2.27. The summed E-state index contributed by atoms with van der Waals surface area (Å²) in [5, 5.41) is 4.23. The van der Waals surface area contributed by atoms with E-state index in [1.54, 1.807) is 0 Å². The summed E-state index contributed by atoms with van der Waals surface area (Å²) in [6.07, 6.45) is 6.85. The van der Waals surface area contributed by atoms with Gasteiger partial charge in [0, 0.05) is 23.4 Å². The van der Waals surface area contributed by atoms with Gasteiger partial charge in [0.15, 0.2) is 0 Å². The third kappa shape index (κ3) is 3.74. The second-order valence-corrected chi connectivity index (χ2v) is 7.08. The zero-order valence-corrected chi connectivity index (χ0v) is 13.8. The quantitative estimate of drug-likeness (QED) is 0.855. The minimum Gasteiger partial charge on any atom is -0.352 e. The normalized spacial score (nSPS) is 13.7. The molecule has 0 spiro atoms. The second-order valence-electron chi connectivity index (χ2n) is 5.91. The molecular weight excluding hydrogens is 292 g/mol. The fourth-order valence-electron chi connectivity index (χ4n) is 2.84. The summed E-state index contributed by atoms with van der Waals surface area (Å²) in [4.78, 5) is 18.3. The molecule has 116 valence electrons. The average Bonchev–Trinajstić information content (AvgIpc) is 2.94. The van der Waals surface area contributed by atoms with Gasteiger partial charge in [-0.15, -0.1) is 11.3 Å².